The Morgan fingerprint density at radius 2 is 2.25 bits per heavy atom. The molecule has 0 bridgehead atoms. The van der Waals surface area contributed by atoms with Crippen molar-refractivity contribution in [3.63, 3.8) is 0 Å². The van der Waals surface area contributed by atoms with Gasteiger partial charge in [0, 0.05) is 18.8 Å². The molecule has 3 N–H and O–H groups in total. The van der Waals surface area contributed by atoms with Crippen molar-refractivity contribution in [1.82, 2.24) is 9.78 Å². The third kappa shape index (κ3) is 1.89. The number of hydrogen-bond donors (Lipinski definition) is 3. The highest BCUT2D eigenvalue weighted by atomic mass is 16.4. The number of nitrogens with one attached hydrogen (secondary N) is 2. The molecule has 1 aromatic heterocycles. The summed E-state index contributed by atoms with van der Waals surface area (Å²) in [5.74, 6) is -1.29. The molecule has 0 fully saturated rings. The summed E-state index contributed by atoms with van der Waals surface area (Å²) in [5.41, 5.74) is 1.68. The minimum absolute atomic E-state index is 0.122. The van der Waals surface area contributed by atoms with Gasteiger partial charge in [0.2, 0.25) is 0 Å². The fourth-order valence-electron chi connectivity index (χ4n) is 2.23. The molecule has 0 aliphatic carbocycles. The minimum atomic E-state index is -1.05. The van der Waals surface area contributed by atoms with Gasteiger partial charge in [-0.25, -0.2) is 4.79 Å². The van der Waals surface area contributed by atoms with Crippen molar-refractivity contribution in [3.05, 3.63) is 41.7 Å². The number of amides is 1. The van der Waals surface area contributed by atoms with Crippen LogP contribution in [0.1, 0.15) is 22.0 Å². The summed E-state index contributed by atoms with van der Waals surface area (Å²) >= 11 is 0. The molecule has 20 heavy (non-hydrogen) atoms. The lowest BCUT2D eigenvalue weighted by molar-refractivity contribution is -0.117. The van der Waals surface area contributed by atoms with E-state index in [4.69, 9.17) is 0 Å². The summed E-state index contributed by atoms with van der Waals surface area (Å²) in [6, 6.07) is 4.09. The van der Waals surface area contributed by atoms with E-state index >= 15 is 0 Å². The number of aryl methyl sites for hydroxylation is 1. The molecule has 1 atom stereocenters. The van der Waals surface area contributed by atoms with Crippen molar-refractivity contribution in [1.29, 1.82) is 0 Å². The number of anilines is 2. The Bertz CT molecular complexity index is 707. The average Bonchev–Trinajstić information content (AvgIpc) is 2.83. The Kier molecular flexibility index (Phi) is 2.67. The Labute approximate surface area is 114 Å². The quantitative estimate of drug-likeness (QED) is 0.764. The molecule has 0 saturated heterocycles. The van der Waals surface area contributed by atoms with Crippen LogP contribution in [0.4, 0.5) is 11.4 Å². The van der Waals surface area contributed by atoms with Gasteiger partial charge in [0.05, 0.1) is 23.1 Å². The predicted octanol–water partition coefficient (Wildman–Crippen LogP) is 1.22. The van der Waals surface area contributed by atoms with Crippen LogP contribution < -0.4 is 10.6 Å². The number of carboxylic acids is 1. The second-order valence-electron chi connectivity index (χ2n) is 4.55. The first-order valence-electron chi connectivity index (χ1n) is 5.98. The molecule has 0 spiro atoms. The van der Waals surface area contributed by atoms with E-state index in [0.717, 1.165) is 0 Å². The topological polar surface area (TPSA) is 96.3 Å². The Morgan fingerprint density at radius 3 is 2.90 bits per heavy atom. The number of carboxylic acid groups (broad SMARTS) is 1. The number of benzene rings is 1. The maximum absolute atomic E-state index is 12.1. The van der Waals surface area contributed by atoms with Gasteiger partial charge in [0.15, 0.2) is 0 Å². The maximum Gasteiger partial charge on any atom is 0.337 e. The minimum Gasteiger partial charge on any atom is -0.478 e. The second kappa shape index (κ2) is 4.37. The van der Waals surface area contributed by atoms with Crippen LogP contribution in [0.15, 0.2) is 30.6 Å². The van der Waals surface area contributed by atoms with Gasteiger partial charge in [-0.2, -0.15) is 5.10 Å². The standard InChI is InChI=1S/C13H12N4O3/c1-17-6-7(5-14-17)10-12(18)15-9-4-2-3-8(13(19)20)11(9)16-10/h2-6,10,16H,1H3,(H,15,18)(H,19,20). The van der Waals surface area contributed by atoms with Crippen LogP contribution in [0, 0.1) is 0 Å². The number of carbonyl (C=O) groups is 2. The van der Waals surface area contributed by atoms with Crippen molar-refractivity contribution in [2.75, 3.05) is 10.6 Å². The molecule has 1 amide bonds. The molecule has 7 heteroatoms. The first-order chi connectivity index (χ1) is 9.56. The third-order valence-electron chi connectivity index (χ3n) is 3.16. The van der Waals surface area contributed by atoms with E-state index in [1.54, 1.807) is 36.3 Å². The average molecular weight is 272 g/mol. The number of hydrogen-bond acceptors (Lipinski definition) is 4. The fourth-order valence-corrected chi connectivity index (χ4v) is 2.23. The van der Waals surface area contributed by atoms with Gasteiger partial charge in [0.1, 0.15) is 6.04 Å². The van der Waals surface area contributed by atoms with Gasteiger partial charge in [-0.3, -0.25) is 9.48 Å². The van der Waals surface area contributed by atoms with Crippen molar-refractivity contribution in [2.45, 2.75) is 6.04 Å². The molecule has 1 aliphatic rings. The van der Waals surface area contributed by atoms with E-state index in [-0.39, 0.29) is 11.5 Å². The Morgan fingerprint density at radius 1 is 1.45 bits per heavy atom. The molecule has 1 unspecified atom stereocenters. The van der Waals surface area contributed by atoms with E-state index in [2.05, 4.69) is 15.7 Å². The van der Waals surface area contributed by atoms with Gasteiger partial charge in [0.25, 0.3) is 5.91 Å². The third-order valence-corrected chi connectivity index (χ3v) is 3.16. The molecular weight excluding hydrogens is 260 g/mol. The molecule has 1 aromatic carbocycles. The highest BCUT2D eigenvalue weighted by molar-refractivity contribution is 6.08. The molecule has 7 nitrogen and oxygen atoms in total. The molecule has 3 rings (SSSR count). The molecule has 102 valence electrons. The molecule has 0 radical (unpaired) electrons. The van der Waals surface area contributed by atoms with Crippen molar-refractivity contribution in [2.24, 2.45) is 7.05 Å². The SMILES string of the molecule is Cn1cc(C2Nc3c(cccc3C(=O)O)NC2=O)cn1. The monoisotopic (exact) mass is 272 g/mol. The second-order valence-corrected chi connectivity index (χ2v) is 4.55. The fraction of sp³-hybridized carbons (Fsp3) is 0.154. The largest absolute Gasteiger partial charge is 0.478 e. The van der Waals surface area contributed by atoms with Crippen LogP contribution in [-0.4, -0.2) is 26.8 Å². The normalized spacial score (nSPS) is 17.1. The van der Waals surface area contributed by atoms with Crippen LogP contribution >= 0.6 is 0 Å². The summed E-state index contributed by atoms with van der Waals surface area (Å²) in [5, 5.41) is 18.9. The lowest BCUT2D eigenvalue weighted by Gasteiger charge is -2.27. The number of aromatic nitrogens is 2. The summed E-state index contributed by atoms with van der Waals surface area (Å²) in [6.07, 6.45) is 3.29. The maximum atomic E-state index is 12.1. The van der Waals surface area contributed by atoms with E-state index in [1.165, 1.54) is 6.07 Å². The van der Waals surface area contributed by atoms with Gasteiger partial charge < -0.3 is 15.7 Å². The summed E-state index contributed by atoms with van der Waals surface area (Å²) in [4.78, 5) is 23.3. The first kappa shape index (κ1) is 12.2. The van der Waals surface area contributed by atoms with Gasteiger partial charge >= 0.3 is 5.97 Å². The van der Waals surface area contributed by atoms with Gasteiger partial charge in [-0.15, -0.1) is 0 Å². The van der Waals surface area contributed by atoms with Crippen LogP contribution in [0.25, 0.3) is 0 Å². The van der Waals surface area contributed by atoms with E-state index in [0.29, 0.717) is 16.9 Å². The van der Waals surface area contributed by atoms with Gasteiger partial charge in [-0.1, -0.05) is 6.07 Å². The van der Waals surface area contributed by atoms with Crippen molar-refractivity contribution < 1.29 is 14.7 Å². The number of nitrogens with zero attached hydrogens (tertiary/aromatic N) is 2. The van der Waals surface area contributed by atoms with Crippen LogP contribution in [-0.2, 0) is 11.8 Å². The van der Waals surface area contributed by atoms with E-state index in [1.807, 2.05) is 0 Å². The zero-order valence-electron chi connectivity index (χ0n) is 10.6. The Hall–Kier alpha value is -2.83. The van der Waals surface area contributed by atoms with E-state index < -0.39 is 12.0 Å². The highest BCUT2D eigenvalue weighted by Crippen LogP contribution is 2.34. The van der Waals surface area contributed by atoms with E-state index in [9.17, 15) is 14.7 Å². The van der Waals surface area contributed by atoms with Crippen LogP contribution in [0.2, 0.25) is 0 Å². The Balaban J connectivity index is 2.04. The number of fused-ring (bicyclic) bond motifs is 1. The molecule has 2 heterocycles. The number of para-hydroxylation sites is 1. The first-order valence-corrected chi connectivity index (χ1v) is 5.98. The highest BCUT2D eigenvalue weighted by Gasteiger charge is 2.30. The number of rotatable bonds is 2. The van der Waals surface area contributed by atoms with Crippen molar-refractivity contribution in [3.8, 4) is 0 Å². The van der Waals surface area contributed by atoms with Crippen LogP contribution in [0.3, 0.4) is 0 Å². The van der Waals surface area contributed by atoms with Crippen molar-refractivity contribution >= 4 is 23.3 Å². The number of carbonyl (C=O) groups excluding carboxylic acids is 1. The smallest absolute Gasteiger partial charge is 0.337 e. The number of aromatic carboxylic acids is 1. The van der Waals surface area contributed by atoms with Crippen LogP contribution in [0.5, 0.6) is 0 Å². The summed E-state index contributed by atoms with van der Waals surface area (Å²) in [6.45, 7) is 0. The zero-order valence-corrected chi connectivity index (χ0v) is 10.6. The lowest BCUT2D eigenvalue weighted by Crippen LogP contribution is -2.32. The lowest BCUT2D eigenvalue weighted by atomic mass is 10.0. The molecule has 0 saturated carbocycles. The van der Waals surface area contributed by atoms with Gasteiger partial charge in [-0.05, 0) is 12.1 Å². The molecular formula is C13H12N4O3. The zero-order chi connectivity index (χ0) is 14.3. The summed E-state index contributed by atoms with van der Waals surface area (Å²) in [7, 11) is 1.75. The molecule has 1 aliphatic heterocycles. The summed E-state index contributed by atoms with van der Waals surface area (Å²) < 4.78 is 1.59. The predicted molar refractivity (Wildman–Crippen MR) is 71.6 cm³/mol. The molecule has 2 aromatic rings.